The molecule has 0 spiro atoms. The highest BCUT2D eigenvalue weighted by Crippen LogP contribution is 2.26. The normalized spacial score (nSPS) is 25.6. The van der Waals surface area contributed by atoms with E-state index in [1.165, 1.54) is 4.31 Å². The van der Waals surface area contributed by atoms with Gasteiger partial charge in [0, 0.05) is 19.7 Å². The van der Waals surface area contributed by atoms with Gasteiger partial charge in [-0.1, -0.05) is 0 Å². The average Bonchev–Trinajstić information content (AvgIpc) is 2.49. The highest BCUT2D eigenvalue weighted by atomic mass is 32.2. The number of aliphatic hydroxyl groups is 1. The molecule has 1 heterocycles. The maximum Gasteiger partial charge on any atom is 0.219 e. The molecule has 1 unspecified atom stereocenters. The summed E-state index contributed by atoms with van der Waals surface area (Å²) < 4.78 is 24.7. The molecule has 5 heteroatoms. The van der Waals surface area contributed by atoms with E-state index < -0.39 is 14.8 Å². The first-order valence-electron chi connectivity index (χ1n) is 4.89. The summed E-state index contributed by atoms with van der Waals surface area (Å²) in [5.41, 5.74) is 0. The smallest absolute Gasteiger partial charge is 0.219 e. The fraction of sp³-hybridized carbons (Fsp3) is 1.00. The quantitative estimate of drug-likeness (QED) is 0.735. The van der Waals surface area contributed by atoms with E-state index in [4.69, 9.17) is 5.11 Å². The molecule has 1 N–H and O–H groups in total. The van der Waals surface area contributed by atoms with E-state index in [0.717, 1.165) is 6.42 Å². The van der Waals surface area contributed by atoms with Crippen LogP contribution in [0.1, 0.15) is 27.2 Å². The Morgan fingerprint density at radius 1 is 1.43 bits per heavy atom. The zero-order valence-electron chi connectivity index (χ0n) is 9.02. The summed E-state index contributed by atoms with van der Waals surface area (Å²) in [5, 5.41) is 8.93. The number of hydrogen-bond acceptors (Lipinski definition) is 3. The van der Waals surface area contributed by atoms with E-state index in [1.54, 1.807) is 20.8 Å². The zero-order valence-corrected chi connectivity index (χ0v) is 9.84. The van der Waals surface area contributed by atoms with Crippen LogP contribution >= 0.6 is 0 Å². The monoisotopic (exact) mass is 221 g/mol. The topological polar surface area (TPSA) is 57.6 Å². The lowest BCUT2D eigenvalue weighted by Gasteiger charge is -2.26. The van der Waals surface area contributed by atoms with E-state index in [2.05, 4.69) is 0 Å². The molecule has 0 amide bonds. The van der Waals surface area contributed by atoms with Gasteiger partial charge in [0.05, 0.1) is 4.75 Å². The summed E-state index contributed by atoms with van der Waals surface area (Å²) in [5.74, 6) is 0.118. The molecule has 0 saturated carbocycles. The molecule has 0 aromatic carbocycles. The Kier molecular flexibility index (Phi) is 3.23. The molecular formula is C9H19NO3S. The van der Waals surface area contributed by atoms with Gasteiger partial charge in [0.1, 0.15) is 0 Å². The molecule has 84 valence electrons. The Balaban J connectivity index is 2.77. The second-order valence-electron chi connectivity index (χ2n) is 4.81. The van der Waals surface area contributed by atoms with E-state index in [9.17, 15) is 8.42 Å². The van der Waals surface area contributed by atoms with Crippen molar-refractivity contribution in [3.05, 3.63) is 0 Å². The lowest BCUT2D eigenvalue weighted by atomic mass is 10.1. The second kappa shape index (κ2) is 3.79. The van der Waals surface area contributed by atoms with Crippen molar-refractivity contribution in [3.8, 4) is 0 Å². The minimum Gasteiger partial charge on any atom is -0.396 e. The van der Waals surface area contributed by atoms with Crippen LogP contribution in [0, 0.1) is 5.92 Å². The van der Waals surface area contributed by atoms with Crippen molar-refractivity contribution in [2.24, 2.45) is 5.92 Å². The van der Waals surface area contributed by atoms with E-state index in [-0.39, 0.29) is 12.5 Å². The Bertz CT molecular complexity index is 292. The van der Waals surface area contributed by atoms with Crippen LogP contribution in [0.25, 0.3) is 0 Å². The molecule has 0 bridgehead atoms. The van der Waals surface area contributed by atoms with Crippen molar-refractivity contribution in [1.29, 1.82) is 0 Å². The fourth-order valence-electron chi connectivity index (χ4n) is 1.55. The second-order valence-corrected chi connectivity index (χ2v) is 7.50. The van der Waals surface area contributed by atoms with E-state index in [1.807, 2.05) is 0 Å². The van der Waals surface area contributed by atoms with Crippen molar-refractivity contribution in [3.63, 3.8) is 0 Å². The number of sulfonamides is 1. The minimum absolute atomic E-state index is 0.0795. The van der Waals surface area contributed by atoms with Gasteiger partial charge in [-0.15, -0.1) is 0 Å². The largest absolute Gasteiger partial charge is 0.396 e. The molecule has 0 aromatic heterocycles. The van der Waals surface area contributed by atoms with Gasteiger partial charge < -0.3 is 5.11 Å². The SMILES string of the molecule is CC(C)(C)S(=O)(=O)N1CCC(CO)C1. The zero-order chi connectivity index (χ0) is 11.0. The molecule has 1 fully saturated rings. The average molecular weight is 221 g/mol. The molecule has 0 aliphatic carbocycles. The highest BCUT2D eigenvalue weighted by Gasteiger charge is 2.38. The first-order valence-corrected chi connectivity index (χ1v) is 6.33. The summed E-state index contributed by atoms with van der Waals surface area (Å²) in [6.07, 6.45) is 0.770. The summed E-state index contributed by atoms with van der Waals surface area (Å²) >= 11 is 0. The van der Waals surface area contributed by atoms with Crippen LogP contribution in [-0.4, -0.2) is 42.3 Å². The van der Waals surface area contributed by atoms with Crippen molar-refractivity contribution < 1.29 is 13.5 Å². The predicted molar refractivity (Wildman–Crippen MR) is 55.4 cm³/mol. The van der Waals surface area contributed by atoms with Crippen molar-refractivity contribution >= 4 is 10.0 Å². The Labute approximate surface area is 86.0 Å². The van der Waals surface area contributed by atoms with Gasteiger partial charge in [-0.25, -0.2) is 12.7 Å². The minimum atomic E-state index is -3.20. The Morgan fingerprint density at radius 2 is 2.00 bits per heavy atom. The maximum atomic E-state index is 12.0. The number of rotatable bonds is 2. The molecule has 4 nitrogen and oxygen atoms in total. The third-order valence-corrected chi connectivity index (χ3v) is 5.18. The summed E-state index contributed by atoms with van der Waals surface area (Å²) in [6.45, 7) is 6.20. The van der Waals surface area contributed by atoms with Crippen LogP contribution in [-0.2, 0) is 10.0 Å². The number of nitrogens with zero attached hydrogens (tertiary/aromatic N) is 1. The predicted octanol–water partition coefficient (Wildman–Crippen LogP) is 0.429. The molecule has 0 aromatic rings. The molecule has 1 saturated heterocycles. The third kappa shape index (κ3) is 2.10. The van der Waals surface area contributed by atoms with Crippen LogP contribution < -0.4 is 0 Å². The standard InChI is InChI=1S/C9H19NO3S/c1-9(2,3)14(12,13)10-5-4-8(6-10)7-11/h8,11H,4-7H2,1-3H3. The summed E-state index contributed by atoms with van der Waals surface area (Å²) in [7, 11) is -3.20. The summed E-state index contributed by atoms with van der Waals surface area (Å²) in [4.78, 5) is 0. The van der Waals surface area contributed by atoms with Gasteiger partial charge in [-0.3, -0.25) is 0 Å². The molecule has 0 radical (unpaired) electrons. The van der Waals surface area contributed by atoms with Crippen LogP contribution in [0.15, 0.2) is 0 Å². The van der Waals surface area contributed by atoms with Crippen molar-refractivity contribution in [2.75, 3.05) is 19.7 Å². The molecular weight excluding hydrogens is 202 g/mol. The van der Waals surface area contributed by atoms with E-state index >= 15 is 0 Å². The number of hydrogen-bond donors (Lipinski definition) is 1. The van der Waals surface area contributed by atoms with Gasteiger partial charge in [-0.2, -0.15) is 0 Å². The molecule has 1 aliphatic rings. The maximum absolute atomic E-state index is 12.0. The van der Waals surface area contributed by atoms with Crippen LogP contribution in [0.2, 0.25) is 0 Å². The number of aliphatic hydroxyl groups excluding tert-OH is 1. The first-order chi connectivity index (χ1) is 6.29. The third-order valence-electron chi connectivity index (χ3n) is 2.62. The molecule has 1 aliphatic heterocycles. The van der Waals surface area contributed by atoms with Crippen LogP contribution in [0.5, 0.6) is 0 Å². The summed E-state index contributed by atoms with van der Waals surface area (Å²) in [6, 6.07) is 0. The molecule has 1 rings (SSSR count). The van der Waals surface area contributed by atoms with Crippen molar-refractivity contribution in [2.45, 2.75) is 31.9 Å². The van der Waals surface area contributed by atoms with Gasteiger partial charge in [-0.05, 0) is 33.1 Å². The molecule has 1 atom stereocenters. The fourth-order valence-corrected chi connectivity index (χ4v) is 3.08. The van der Waals surface area contributed by atoms with E-state index in [0.29, 0.717) is 13.1 Å². The first kappa shape index (κ1) is 11.9. The van der Waals surface area contributed by atoms with Gasteiger partial charge in [0.15, 0.2) is 0 Å². The van der Waals surface area contributed by atoms with Gasteiger partial charge >= 0.3 is 0 Å². The lowest BCUT2D eigenvalue weighted by molar-refractivity contribution is 0.233. The Morgan fingerprint density at radius 3 is 2.36 bits per heavy atom. The Hall–Kier alpha value is -0.130. The lowest BCUT2D eigenvalue weighted by Crippen LogP contribution is -2.41. The van der Waals surface area contributed by atoms with Crippen LogP contribution in [0.4, 0.5) is 0 Å². The van der Waals surface area contributed by atoms with Gasteiger partial charge in [0.2, 0.25) is 10.0 Å². The van der Waals surface area contributed by atoms with Gasteiger partial charge in [0.25, 0.3) is 0 Å². The highest BCUT2D eigenvalue weighted by molar-refractivity contribution is 7.90. The van der Waals surface area contributed by atoms with Crippen LogP contribution in [0.3, 0.4) is 0 Å². The molecule has 14 heavy (non-hydrogen) atoms. The van der Waals surface area contributed by atoms with Crippen molar-refractivity contribution in [1.82, 2.24) is 4.31 Å².